The molecule has 4 rings (SSSR count). The van der Waals surface area contributed by atoms with Crippen molar-refractivity contribution < 1.29 is 9.53 Å². The number of rotatable bonds is 6. The lowest BCUT2D eigenvalue weighted by molar-refractivity contribution is -0.120. The smallest absolute Gasteiger partial charge is 0.233 e. The predicted octanol–water partition coefficient (Wildman–Crippen LogP) is 3.28. The zero-order chi connectivity index (χ0) is 17.2. The van der Waals surface area contributed by atoms with E-state index in [1.165, 1.54) is 24.6 Å². The number of fused-ring (bicyclic) bond motifs is 1. The van der Waals surface area contributed by atoms with E-state index in [9.17, 15) is 4.79 Å². The van der Waals surface area contributed by atoms with Crippen LogP contribution in [0.5, 0.6) is 0 Å². The highest BCUT2D eigenvalue weighted by atomic mass is 32.2. The minimum absolute atomic E-state index is 0.0381. The van der Waals surface area contributed by atoms with Crippen LogP contribution in [0.15, 0.2) is 29.3 Å². The molecule has 1 aromatic heterocycles. The lowest BCUT2D eigenvalue weighted by Gasteiger charge is -2.15. The maximum absolute atomic E-state index is 12.4. The fourth-order valence-corrected chi connectivity index (χ4v) is 4.03. The van der Waals surface area contributed by atoms with Crippen LogP contribution in [0, 0.1) is 0 Å². The molecule has 25 heavy (non-hydrogen) atoms. The first-order valence-corrected chi connectivity index (χ1v) is 9.91. The monoisotopic (exact) mass is 357 g/mol. The SMILES string of the molecule is C[C@@H](Sc1nc(C2CC2)nc2ccccc12)C(=O)NC[C@H]1CCCO1. The molecular formula is C19H23N3O2S. The van der Waals surface area contributed by atoms with Crippen molar-refractivity contribution in [2.45, 2.75) is 54.9 Å². The summed E-state index contributed by atoms with van der Waals surface area (Å²) in [5.41, 5.74) is 0.967. The van der Waals surface area contributed by atoms with E-state index in [-0.39, 0.29) is 17.3 Å². The van der Waals surface area contributed by atoms with E-state index < -0.39 is 0 Å². The molecule has 1 saturated heterocycles. The largest absolute Gasteiger partial charge is 0.376 e. The fourth-order valence-electron chi connectivity index (χ4n) is 3.06. The molecule has 2 heterocycles. The van der Waals surface area contributed by atoms with E-state index in [1.54, 1.807) is 0 Å². The summed E-state index contributed by atoms with van der Waals surface area (Å²) < 4.78 is 5.57. The summed E-state index contributed by atoms with van der Waals surface area (Å²) in [6.45, 7) is 3.34. The third kappa shape index (κ3) is 3.96. The Kier molecular flexibility index (Phi) is 4.90. The summed E-state index contributed by atoms with van der Waals surface area (Å²) in [5.74, 6) is 1.46. The van der Waals surface area contributed by atoms with E-state index in [0.717, 1.165) is 41.2 Å². The van der Waals surface area contributed by atoms with Gasteiger partial charge in [0.25, 0.3) is 0 Å². The van der Waals surface area contributed by atoms with Gasteiger partial charge in [-0.05, 0) is 38.7 Å². The average molecular weight is 357 g/mol. The summed E-state index contributed by atoms with van der Waals surface area (Å²) in [7, 11) is 0. The topological polar surface area (TPSA) is 64.1 Å². The molecule has 1 amide bonds. The first kappa shape index (κ1) is 16.8. The Morgan fingerprint density at radius 1 is 1.32 bits per heavy atom. The molecule has 2 aliphatic rings. The fraction of sp³-hybridized carbons (Fsp3) is 0.526. The van der Waals surface area contributed by atoms with Crippen LogP contribution in [0.25, 0.3) is 10.9 Å². The maximum Gasteiger partial charge on any atom is 0.233 e. The molecule has 1 aromatic carbocycles. The summed E-state index contributed by atoms with van der Waals surface area (Å²) in [4.78, 5) is 21.9. The van der Waals surface area contributed by atoms with Crippen molar-refractivity contribution in [3.8, 4) is 0 Å². The van der Waals surface area contributed by atoms with Crippen molar-refractivity contribution in [2.24, 2.45) is 0 Å². The van der Waals surface area contributed by atoms with Gasteiger partial charge in [0.05, 0.1) is 16.9 Å². The molecule has 1 aliphatic carbocycles. The molecular weight excluding hydrogens is 334 g/mol. The second-order valence-corrected chi connectivity index (χ2v) is 8.15. The van der Waals surface area contributed by atoms with Gasteiger partial charge in [-0.3, -0.25) is 4.79 Å². The number of nitrogens with one attached hydrogen (secondary N) is 1. The second-order valence-electron chi connectivity index (χ2n) is 6.82. The highest BCUT2D eigenvalue weighted by Gasteiger charge is 2.28. The molecule has 0 spiro atoms. The van der Waals surface area contributed by atoms with Gasteiger partial charge in [-0.15, -0.1) is 0 Å². The minimum atomic E-state index is -0.202. The Hall–Kier alpha value is -1.66. The number of para-hydroxylation sites is 1. The van der Waals surface area contributed by atoms with Crippen LogP contribution in [-0.2, 0) is 9.53 Å². The van der Waals surface area contributed by atoms with Crippen molar-refractivity contribution in [2.75, 3.05) is 13.2 Å². The van der Waals surface area contributed by atoms with Crippen molar-refractivity contribution in [1.82, 2.24) is 15.3 Å². The van der Waals surface area contributed by atoms with Gasteiger partial charge in [0.1, 0.15) is 10.9 Å². The van der Waals surface area contributed by atoms with Gasteiger partial charge in [-0.25, -0.2) is 9.97 Å². The average Bonchev–Trinajstić information content (AvgIpc) is 3.35. The number of hydrogen-bond acceptors (Lipinski definition) is 5. The number of ether oxygens (including phenoxy) is 1. The first-order valence-electron chi connectivity index (χ1n) is 9.03. The summed E-state index contributed by atoms with van der Waals surface area (Å²) in [5, 5.41) is 4.75. The van der Waals surface area contributed by atoms with Crippen LogP contribution in [0.4, 0.5) is 0 Å². The zero-order valence-electron chi connectivity index (χ0n) is 14.4. The van der Waals surface area contributed by atoms with Crippen LogP contribution in [-0.4, -0.2) is 40.4 Å². The van der Waals surface area contributed by atoms with Crippen LogP contribution >= 0.6 is 11.8 Å². The van der Waals surface area contributed by atoms with Crippen LogP contribution in [0.3, 0.4) is 0 Å². The molecule has 1 aliphatic heterocycles. The number of thioether (sulfide) groups is 1. The Bertz CT molecular complexity index is 772. The number of aromatic nitrogens is 2. The maximum atomic E-state index is 12.4. The predicted molar refractivity (Wildman–Crippen MR) is 98.8 cm³/mol. The van der Waals surface area contributed by atoms with Crippen molar-refractivity contribution >= 4 is 28.6 Å². The van der Waals surface area contributed by atoms with Crippen LogP contribution in [0.1, 0.15) is 44.3 Å². The second kappa shape index (κ2) is 7.30. The Morgan fingerprint density at radius 2 is 2.16 bits per heavy atom. The number of hydrogen-bond donors (Lipinski definition) is 1. The van der Waals surface area contributed by atoms with Gasteiger partial charge in [0.15, 0.2) is 0 Å². The standard InChI is InChI=1S/C19H23N3O2S/c1-12(18(23)20-11-14-5-4-10-24-14)25-19-15-6-2-3-7-16(15)21-17(22-19)13-8-9-13/h2-3,6-7,12-14H,4-5,8-11H2,1H3,(H,20,23)/t12-,14-/m1/s1. The van der Waals surface area contributed by atoms with Gasteiger partial charge in [-0.1, -0.05) is 30.0 Å². The van der Waals surface area contributed by atoms with E-state index in [1.807, 2.05) is 31.2 Å². The van der Waals surface area contributed by atoms with Crippen molar-refractivity contribution in [3.05, 3.63) is 30.1 Å². The van der Waals surface area contributed by atoms with E-state index >= 15 is 0 Å². The lowest BCUT2D eigenvalue weighted by Crippen LogP contribution is -2.36. The van der Waals surface area contributed by atoms with Crippen molar-refractivity contribution in [3.63, 3.8) is 0 Å². The van der Waals surface area contributed by atoms with Gasteiger partial charge >= 0.3 is 0 Å². The number of benzene rings is 1. The molecule has 0 radical (unpaired) electrons. The number of carbonyl (C=O) groups is 1. The van der Waals surface area contributed by atoms with Gasteiger partial charge in [0, 0.05) is 24.5 Å². The molecule has 6 heteroatoms. The van der Waals surface area contributed by atoms with Gasteiger partial charge < -0.3 is 10.1 Å². The quantitative estimate of drug-likeness (QED) is 0.635. The van der Waals surface area contributed by atoms with Crippen LogP contribution < -0.4 is 5.32 Å². The lowest BCUT2D eigenvalue weighted by atomic mass is 10.2. The molecule has 2 aromatic rings. The third-order valence-corrected chi connectivity index (χ3v) is 5.82. The Morgan fingerprint density at radius 3 is 2.92 bits per heavy atom. The van der Waals surface area contributed by atoms with Gasteiger partial charge in [-0.2, -0.15) is 0 Å². The van der Waals surface area contributed by atoms with Crippen LogP contribution in [0.2, 0.25) is 0 Å². The zero-order valence-corrected chi connectivity index (χ0v) is 15.2. The molecule has 5 nitrogen and oxygen atoms in total. The molecule has 132 valence electrons. The van der Waals surface area contributed by atoms with E-state index in [4.69, 9.17) is 14.7 Å². The molecule has 0 unspecified atom stereocenters. The third-order valence-electron chi connectivity index (χ3n) is 4.71. The van der Waals surface area contributed by atoms with Crippen molar-refractivity contribution in [1.29, 1.82) is 0 Å². The van der Waals surface area contributed by atoms with E-state index in [2.05, 4.69) is 5.32 Å². The highest BCUT2D eigenvalue weighted by molar-refractivity contribution is 8.00. The molecule has 2 atom stereocenters. The summed E-state index contributed by atoms with van der Waals surface area (Å²) in [6.07, 6.45) is 4.62. The number of nitrogens with zero attached hydrogens (tertiary/aromatic N) is 2. The Labute approximate surface area is 152 Å². The number of amides is 1. The highest BCUT2D eigenvalue weighted by Crippen LogP contribution is 2.40. The molecule has 1 saturated carbocycles. The first-order chi connectivity index (χ1) is 12.2. The number of carbonyl (C=O) groups excluding carboxylic acids is 1. The summed E-state index contributed by atoms with van der Waals surface area (Å²) >= 11 is 1.52. The van der Waals surface area contributed by atoms with Gasteiger partial charge in [0.2, 0.25) is 5.91 Å². The minimum Gasteiger partial charge on any atom is -0.376 e. The Balaban J connectivity index is 1.47. The molecule has 0 bridgehead atoms. The normalized spacial score (nSPS) is 21.4. The summed E-state index contributed by atoms with van der Waals surface area (Å²) in [6, 6.07) is 8.05. The molecule has 2 fully saturated rings. The molecule has 1 N–H and O–H groups in total. The van der Waals surface area contributed by atoms with E-state index in [0.29, 0.717) is 12.5 Å².